The van der Waals surface area contributed by atoms with E-state index in [1.54, 1.807) is 0 Å². The molecule has 12 heavy (non-hydrogen) atoms. The maximum atomic E-state index is 10.2. The first-order valence-electron chi connectivity index (χ1n) is 3.32. The van der Waals surface area contributed by atoms with Gasteiger partial charge in [0.25, 0.3) is 0 Å². The fourth-order valence-electron chi connectivity index (χ4n) is 0.482. The van der Waals surface area contributed by atoms with Crippen LogP contribution in [-0.4, -0.2) is 14.7 Å². The van der Waals surface area contributed by atoms with Crippen LogP contribution < -0.4 is 25.0 Å². The van der Waals surface area contributed by atoms with Gasteiger partial charge >= 0.3 is 82.5 Å². The van der Waals surface area contributed by atoms with Gasteiger partial charge in [-0.15, -0.1) is 0 Å². The summed E-state index contributed by atoms with van der Waals surface area (Å²) in [5.41, 5.74) is -0.327. The van der Waals surface area contributed by atoms with Crippen LogP contribution >= 0.6 is 0 Å². The Kier molecular flexibility index (Phi) is 4.36. The fourth-order valence-corrected chi connectivity index (χ4v) is 1.12. The average Bonchev–Trinajstić information content (AvgIpc) is 1.79. The molecule has 0 heterocycles. The van der Waals surface area contributed by atoms with Gasteiger partial charge in [-0.3, -0.25) is 0 Å². The third kappa shape index (κ3) is 7.64. The molecule has 0 fully saturated rings. The van der Waals surface area contributed by atoms with Gasteiger partial charge in [0.05, 0.1) is 0 Å². The Balaban J connectivity index is 3.68. The van der Waals surface area contributed by atoms with E-state index in [1.807, 2.05) is 20.8 Å². The number of halogens is 1. The summed E-state index contributed by atoms with van der Waals surface area (Å²) in [7, 11) is 0. The monoisotopic (exact) mass is 286 g/mol. The van der Waals surface area contributed by atoms with Crippen LogP contribution in [0.3, 0.4) is 0 Å². The predicted octanol–water partition coefficient (Wildman–Crippen LogP) is -1.46. The van der Waals surface area contributed by atoms with Crippen molar-refractivity contribution in [1.29, 1.82) is 0 Å². The average molecular weight is 286 g/mol. The summed E-state index contributed by atoms with van der Waals surface area (Å²) < 4.78 is 7.05. The first kappa shape index (κ1) is 11.5. The van der Waals surface area contributed by atoms with Crippen LogP contribution in [0.1, 0.15) is 20.8 Å². The van der Waals surface area contributed by atoms with Crippen LogP contribution in [0.4, 0.5) is 4.79 Å². The van der Waals surface area contributed by atoms with Gasteiger partial charge in [-0.1, -0.05) is 0 Å². The summed E-state index contributed by atoms with van der Waals surface area (Å²) in [6, 6.07) is 0. The van der Waals surface area contributed by atoms with E-state index in [1.165, 1.54) is 0 Å². The minimum absolute atomic E-state index is 0.327. The van der Waals surface area contributed by atoms with E-state index >= 15 is 0 Å². The molecule has 0 amide bonds. The molecule has 72 valence electrons. The molecule has 0 aromatic heterocycles. The van der Waals surface area contributed by atoms with Crippen LogP contribution in [0.25, 0.3) is 0 Å². The van der Waals surface area contributed by atoms with Crippen molar-refractivity contribution in [2.45, 2.75) is 26.4 Å². The molecule has 0 unspecified atom stereocenters. The molecule has 4 nitrogen and oxygen atoms in total. The summed E-state index contributed by atoms with van der Waals surface area (Å²) in [4.78, 5) is 10.2. The predicted molar refractivity (Wildman–Crippen MR) is 41.1 cm³/mol. The molecule has 0 rings (SSSR count). The molecule has 0 spiro atoms. The molecule has 0 atom stereocenters. The Bertz CT molecular complexity index is 186. The molecule has 0 aliphatic carbocycles. The van der Waals surface area contributed by atoms with Gasteiger partial charge in [0.15, 0.2) is 0 Å². The van der Waals surface area contributed by atoms with Gasteiger partial charge < -0.3 is 0 Å². The third-order valence-electron chi connectivity index (χ3n) is 0.663. The molecule has 0 aromatic rings. The SMILES string of the molecule is C=C(N[I-]C(=O)O)OC(C)(C)C. The van der Waals surface area contributed by atoms with Crippen molar-refractivity contribution in [3.63, 3.8) is 0 Å². The molecular weight excluding hydrogens is 273 g/mol. The molecular formula is C7H13INO3-. The molecule has 0 aromatic carbocycles. The van der Waals surface area contributed by atoms with Gasteiger partial charge in [0, 0.05) is 0 Å². The maximum absolute atomic E-state index is 10.2. The molecule has 0 radical (unpaired) electrons. The second-order valence-corrected chi connectivity index (χ2v) is 5.08. The molecule has 0 saturated heterocycles. The Morgan fingerprint density at radius 1 is 1.58 bits per heavy atom. The van der Waals surface area contributed by atoms with Crippen LogP contribution in [-0.2, 0) is 4.74 Å². The molecule has 0 aliphatic heterocycles. The summed E-state index contributed by atoms with van der Waals surface area (Å²) in [5.74, 6) is 0.331. The normalized spacial score (nSPS) is 10.9. The van der Waals surface area contributed by atoms with E-state index in [0.29, 0.717) is 5.88 Å². The van der Waals surface area contributed by atoms with E-state index in [2.05, 4.69) is 10.1 Å². The molecule has 0 aliphatic rings. The second-order valence-electron chi connectivity index (χ2n) is 3.08. The number of nitrogens with one attached hydrogen (secondary N) is 1. The number of hydrogen-bond donors (Lipinski definition) is 2. The van der Waals surface area contributed by atoms with Crippen molar-refractivity contribution in [3.8, 4) is 0 Å². The van der Waals surface area contributed by atoms with Crippen molar-refractivity contribution >= 4 is 3.98 Å². The Morgan fingerprint density at radius 2 is 2.08 bits per heavy atom. The van der Waals surface area contributed by atoms with Crippen LogP contribution in [0, 0.1) is 0 Å². The van der Waals surface area contributed by atoms with Crippen LogP contribution in [0.15, 0.2) is 12.5 Å². The van der Waals surface area contributed by atoms with E-state index in [0.717, 1.165) is 0 Å². The summed E-state index contributed by atoms with van der Waals surface area (Å²) in [5, 5.41) is 8.35. The van der Waals surface area contributed by atoms with Crippen LogP contribution in [0.5, 0.6) is 0 Å². The van der Waals surface area contributed by atoms with Crippen LogP contribution in [0.2, 0.25) is 0 Å². The zero-order chi connectivity index (χ0) is 9.78. The van der Waals surface area contributed by atoms with Crippen molar-refractivity contribution < 1.29 is 36.1 Å². The van der Waals surface area contributed by atoms with Gasteiger partial charge in [-0.25, -0.2) is 0 Å². The van der Waals surface area contributed by atoms with Gasteiger partial charge in [-0.2, -0.15) is 0 Å². The Morgan fingerprint density at radius 3 is 2.42 bits per heavy atom. The zero-order valence-corrected chi connectivity index (χ0v) is 9.51. The molecule has 5 heteroatoms. The van der Waals surface area contributed by atoms with Gasteiger partial charge in [0.1, 0.15) is 0 Å². The fraction of sp³-hybridized carbons (Fsp3) is 0.571. The number of rotatable bonds is 4. The minimum atomic E-state index is -1.09. The molecule has 2 N–H and O–H groups in total. The summed E-state index contributed by atoms with van der Waals surface area (Å²) >= 11 is -1.09. The number of hydrogen-bond acceptors (Lipinski definition) is 3. The van der Waals surface area contributed by atoms with Crippen molar-refractivity contribution in [3.05, 3.63) is 12.5 Å². The molecule has 0 bridgehead atoms. The first-order chi connectivity index (χ1) is 5.31. The van der Waals surface area contributed by atoms with E-state index in [-0.39, 0.29) is 5.60 Å². The topological polar surface area (TPSA) is 58.6 Å². The van der Waals surface area contributed by atoms with Crippen molar-refractivity contribution in [2.24, 2.45) is 0 Å². The quantitative estimate of drug-likeness (QED) is 0.287. The van der Waals surface area contributed by atoms with E-state index in [4.69, 9.17) is 9.84 Å². The second kappa shape index (κ2) is 4.54. The zero-order valence-electron chi connectivity index (χ0n) is 7.35. The standard InChI is InChI=1S/C7H13INO3/c1-5(9-8-6(10)11)12-7(2,3)4/h9H,1H2,2-4H3,(H,10,11)/q-1. The summed E-state index contributed by atoms with van der Waals surface area (Å²) in [6.45, 7) is 9.16. The Hall–Kier alpha value is -0.460. The number of carbonyl (C=O) groups is 1. The van der Waals surface area contributed by atoms with E-state index in [9.17, 15) is 4.79 Å². The van der Waals surface area contributed by atoms with Gasteiger partial charge in [0.2, 0.25) is 0 Å². The first-order valence-corrected chi connectivity index (χ1v) is 5.47. The Labute approximate surface area is 82.6 Å². The van der Waals surface area contributed by atoms with Crippen molar-refractivity contribution in [1.82, 2.24) is 3.53 Å². The molecule has 0 saturated carbocycles. The number of carboxylic acid groups (broad SMARTS) is 1. The van der Waals surface area contributed by atoms with E-state index < -0.39 is 25.5 Å². The third-order valence-corrected chi connectivity index (χ3v) is 2.00. The number of ether oxygens (including phenoxy) is 1. The van der Waals surface area contributed by atoms with Crippen molar-refractivity contribution in [2.75, 3.05) is 0 Å². The summed E-state index contributed by atoms with van der Waals surface area (Å²) in [6.07, 6.45) is 0. The van der Waals surface area contributed by atoms with Gasteiger partial charge in [-0.05, 0) is 0 Å².